The Morgan fingerprint density at radius 2 is 1.20 bits per heavy atom. The molecule has 0 nitrogen and oxygen atoms in total. The molecule has 4 aromatic rings. The smallest absolute Gasteiger partial charge is 0.00962 e. The second kappa shape index (κ2) is 4.08. The second-order valence-corrected chi connectivity index (χ2v) is 5.56. The molecule has 0 heteroatoms. The van der Waals surface area contributed by atoms with Gasteiger partial charge in [-0.15, -0.1) is 0 Å². The van der Waals surface area contributed by atoms with Gasteiger partial charge < -0.3 is 0 Å². The number of hydrogen-bond acceptors (Lipinski definition) is 0. The summed E-state index contributed by atoms with van der Waals surface area (Å²) in [5.74, 6) is 0. The largest absolute Gasteiger partial charge is 0.0616 e. The second-order valence-electron chi connectivity index (χ2n) is 5.56. The third-order valence-electron chi connectivity index (χ3n) is 4.36. The van der Waals surface area contributed by atoms with Crippen LogP contribution >= 0.6 is 0 Å². The SMILES string of the molecule is Cc1cc2c(C)c3ccccc3cc2c2ccccc12. The first-order chi connectivity index (χ1) is 9.75. The van der Waals surface area contributed by atoms with Crippen molar-refractivity contribution in [2.75, 3.05) is 0 Å². The molecule has 0 N–H and O–H groups in total. The highest BCUT2D eigenvalue weighted by atomic mass is 14.1. The van der Waals surface area contributed by atoms with Gasteiger partial charge in [-0.2, -0.15) is 0 Å². The molecule has 0 saturated carbocycles. The molecule has 0 heterocycles. The zero-order chi connectivity index (χ0) is 13.7. The Labute approximate surface area is 118 Å². The molecule has 0 bridgehead atoms. The van der Waals surface area contributed by atoms with Gasteiger partial charge in [-0.1, -0.05) is 54.6 Å². The van der Waals surface area contributed by atoms with E-state index in [2.05, 4.69) is 74.5 Å². The standard InChI is InChI=1S/C20H16/c1-13-11-19-14(2)17-9-4-3-7-15(17)12-20(19)18-10-6-5-8-16(13)18/h3-12H,1-2H3. The summed E-state index contributed by atoms with van der Waals surface area (Å²) in [7, 11) is 0. The maximum Gasteiger partial charge on any atom is -0.00962 e. The molecule has 4 rings (SSSR count). The Balaban J connectivity index is 2.34. The van der Waals surface area contributed by atoms with E-state index in [1.54, 1.807) is 0 Å². The Morgan fingerprint density at radius 3 is 2.00 bits per heavy atom. The third kappa shape index (κ3) is 1.48. The molecule has 0 fully saturated rings. The topological polar surface area (TPSA) is 0 Å². The average molecular weight is 256 g/mol. The summed E-state index contributed by atoms with van der Waals surface area (Å²) in [5, 5.41) is 8.13. The number of rotatable bonds is 0. The van der Waals surface area contributed by atoms with Gasteiger partial charge >= 0.3 is 0 Å². The number of benzene rings is 4. The molecule has 0 aliphatic carbocycles. The first-order valence-corrected chi connectivity index (χ1v) is 7.06. The van der Waals surface area contributed by atoms with Gasteiger partial charge in [0.15, 0.2) is 0 Å². The van der Waals surface area contributed by atoms with E-state index in [0.29, 0.717) is 0 Å². The van der Waals surface area contributed by atoms with E-state index in [1.807, 2.05) is 0 Å². The van der Waals surface area contributed by atoms with Crippen LogP contribution < -0.4 is 0 Å². The normalized spacial score (nSPS) is 11.5. The van der Waals surface area contributed by atoms with Gasteiger partial charge in [-0.25, -0.2) is 0 Å². The average Bonchev–Trinajstić information content (AvgIpc) is 2.49. The van der Waals surface area contributed by atoms with Gasteiger partial charge in [0, 0.05) is 0 Å². The van der Waals surface area contributed by atoms with Crippen LogP contribution in [0.5, 0.6) is 0 Å². The van der Waals surface area contributed by atoms with Crippen molar-refractivity contribution >= 4 is 32.3 Å². The van der Waals surface area contributed by atoms with Crippen LogP contribution in [0.1, 0.15) is 11.1 Å². The maximum absolute atomic E-state index is 2.33. The summed E-state index contributed by atoms with van der Waals surface area (Å²) in [4.78, 5) is 0. The highest BCUT2D eigenvalue weighted by Gasteiger charge is 2.08. The van der Waals surface area contributed by atoms with Crippen LogP contribution in [0, 0.1) is 13.8 Å². The summed E-state index contributed by atoms with van der Waals surface area (Å²) in [6.45, 7) is 4.44. The van der Waals surface area contributed by atoms with Crippen molar-refractivity contribution in [2.45, 2.75) is 13.8 Å². The van der Waals surface area contributed by atoms with Gasteiger partial charge in [-0.05, 0) is 63.4 Å². The van der Waals surface area contributed by atoms with Crippen molar-refractivity contribution in [1.82, 2.24) is 0 Å². The lowest BCUT2D eigenvalue weighted by atomic mass is 9.92. The molecule has 0 unspecified atom stereocenters. The Hall–Kier alpha value is -2.34. The molecule has 0 saturated heterocycles. The third-order valence-corrected chi connectivity index (χ3v) is 4.36. The highest BCUT2D eigenvalue weighted by molar-refractivity contribution is 6.14. The van der Waals surface area contributed by atoms with Crippen molar-refractivity contribution in [3.63, 3.8) is 0 Å². The molecular weight excluding hydrogens is 240 g/mol. The fraction of sp³-hybridized carbons (Fsp3) is 0.100. The fourth-order valence-corrected chi connectivity index (χ4v) is 3.31. The van der Waals surface area contributed by atoms with Crippen molar-refractivity contribution in [3.8, 4) is 0 Å². The molecule has 0 amide bonds. The minimum Gasteiger partial charge on any atom is -0.0616 e. The summed E-state index contributed by atoms with van der Waals surface area (Å²) in [5.41, 5.74) is 2.73. The molecule has 0 atom stereocenters. The van der Waals surface area contributed by atoms with Crippen molar-refractivity contribution in [2.24, 2.45) is 0 Å². The van der Waals surface area contributed by atoms with Crippen LogP contribution in [0.2, 0.25) is 0 Å². The van der Waals surface area contributed by atoms with E-state index in [0.717, 1.165) is 0 Å². The van der Waals surface area contributed by atoms with E-state index in [-0.39, 0.29) is 0 Å². The van der Waals surface area contributed by atoms with E-state index in [9.17, 15) is 0 Å². The molecule has 0 aliphatic heterocycles. The van der Waals surface area contributed by atoms with Crippen LogP contribution in [0.4, 0.5) is 0 Å². The Bertz CT molecular complexity index is 956. The number of aryl methyl sites for hydroxylation is 2. The fourth-order valence-electron chi connectivity index (χ4n) is 3.31. The van der Waals surface area contributed by atoms with Crippen molar-refractivity contribution in [3.05, 3.63) is 71.8 Å². The van der Waals surface area contributed by atoms with Crippen LogP contribution in [-0.2, 0) is 0 Å². The maximum atomic E-state index is 2.33. The first-order valence-electron chi connectivity index (χ1n) is 7.06. The van der Waals surface area contributed by atoms with E-state index < -0.39 is 0 Å². The lowest BCUT2D eigenvalue weighted by molar-refractivity contribution is 1.53. The Kier molecular flexibility index (Phi) is 2.34. The van der Waals surface area contributed by atoms with E-state index >= 15 is 0 Å². The molecule has 0 aliphatic rings. The van der Waals surface area contributed by atoms with Crippen LogP contribution in [0.3, 0.4) is 0 Å². The van der Waals surface area contributed by atoms with Gasteiger partial charge in [-0.3, -0.25) is 0 Å². The summed E-state index contributed by atoms with van der Waals surface area (Å²) in [6.07, 6.45) is 0. The predicted molar refractivity (Wildman–Crippen MR) is 88.4 cm³/mol. The number of fused-ring (bicyclic) bond motifs is 4. The summed E-state index contributed by atoms with van der Waals surface area (Å²) in [6, 6.07) is 22.0. The highest BCUT2D eigenvalue weighted by Crippen LogP contribution is 2.34. The predicted octanol–water partition coefficient (Wildman–Crippen LogP) is 5.76. The van der Waals surface area contributed by atoms with Crippen molar-refractivity contribution in [1.29, 1.82) is 0 Å². The zero-order valence-corrected chi connectivity index (χ0v) is 11.8. The zero-order valence-electron chi connectivity index (χ0n) is 11.8. The van der Waals surface area contributed by atoms with Gasteiger partial charge in [0.2, 0.25) is 0 Å². The van der Waals surface area contributed by atoms with E-state index in [4.69, 9.17) is 0 Å². The Morgan fingerprint density at radius 1 is 0.550 bits per heavy atom. The quantitative estimate of drug-likeness (QED) is 0.277. The van der Waals surface area contributed by atoms with Crippen molar-refractivity contribution < 1.29 is 0 Å². The monoisotopic (exact) mass is 256 g/mol. The first kappa shape index (κ1) is 11.5. The molecule has 0 radical (unpaired) electrons. The lowest BCUT2D eigenvalue weighted by Gasteiger charge is -2.12. The molecule has 4 aromatic carbocycles. The molecule has 96 valence electrons. The van der Waals surface area contributed by atoms with Crippen LogP contribution in [-0.4, -0.2) is 0 Å². The molecule has 0 aromatic heterocycles. The van der Waals surface area contributed by atoms with Crippen LogP contribution in [0.25, 0.3) is 32.3 Å². The molecule has 20 heavy (non-hydrogen) atoms. The van der Waals surface area contributed by atoms with Gasteiger partial charge in [0.1, 0.15) is 0 Å². The van der Waals surface area contributed by atoms with E-state index in [1.165, 1.54) is 43.4 Å². The summed E-state index contributed by atoms with van der Waals surface area (Å²) < 4.78 is 0. The minimum atomic E-state index is 1.33. The molecule has 0 spiro atoms. The van der Waals surface area contributed by atoms with Crippen LogP contribution in [0.15, 0.2) is 60.7 Å². The molecular formula is C20H16. The number of hydrogen-bond donors (Lipinski definition) is 0. The minimum absolute atomic E-state index is 1.33. The van der Waals surface area contributed by atoms with Gasteiger partial charge in [0.25, 0.3) is 0 Å². The van der Waals surface area contributed by atoms with Gasteiger partial charge in [0.05, 0.1) is 0 Å². The lowest BCUT2D eigenvalue weighted by Crippen LogP contribution is -1.87. The summed E-state index contributed by atoms with van der Waals surface area (Å²) >= 11 is 0.